The zero-order chi connectivity index (χ0) is 10.7. The van der Waals surface area contributed by atoms with E-state index in [4.69, 9.17) is 11.6 Å². The Balaban J connectivity index is 2.06. The summed E-state index contributed by atoms with van der Waals surface area (Å²) < 4.78 is 0. The predicted molar refractivity (Wildman–Crippen MR) is 65.4 cm³/mol. The van der Waals surface area contributed by atoms with Crippen LogP contribution in [-0.4, -0.2) is 13.1 Å². The molecule has 1 fully saturated rings. The van der Waals surface area contributed by atoms with Crippen LogP contribution in [0.3, 0.4) is 0 Å². The van der Waals surface area contributed by atoms with Crippen molar-refractivity contribution < 1.29 is 0 Å². The molecule has 1 aliphatic rings. The molecule has 15 heavy (non-hydrogen) atoms. The van der Waals surface area contributed by atoms with E-state index >= 15 is 0 Å². The summed E-state index contributed by atoms with van der Waals surface area (Å²) >= 11 is 6.00. The van der Waals surface area contributed by atoms with E-state index in [1.54, 1.807) is 0 Å². The second kappa shape index (κ2) is 4.54. The molecule has 2 heteroatoms. The predicted octanol–water partition coefficient (Wildman–Crippen LogP) is 3.27. The van der Waals surface area contributed by atoms with Crippen LogP contribution in [-0.2, 0) is 6.42 Å². The SMILES string of the molecule is CCCC1(Cc2cccc(Cl)c2)CNC1. The van der Waals surface area contributed by atoms with Crippen molar-refractivity contribution in [2.75, 3.05) is 13.1 Å². The van der Waals surface area contributed by atoms with E-state index in [1.807, 2.05) is 12.1 Å². The number of halogens is 1. The molecule has 1 N–H and O–H groups in total. The van der Waals surface area contributed by atoms with Crippen molar-refractivity contribution in [1.82, 2.24) is 5.32 Å². The summed E-state index contributed by atoms with van der Waals surface area (Å²) in [7, 11) is 0. The second-order valence-electron chi connectivity index (χ2n) is 4.66. The Labute approximate surface area is 96.8 Å². The van der Waals surface area contributed by atoms with Gasteiger partial charge in [0.2, 0.25) is 0 Å². The van der Waals surface area contributed by atoms with Crippen molar-refractivity contribution in [3.8, 4) is 0 Å². The van der Waals surface area contributed by atoms with Crippen LogP contribution < -0.4 is 5.32 Å². The van der Waals surface area contributed by atoms with Crippen LogP contribution in [0.1, 0.15) is 25.3 Å². The summed E-state index contributed by atoms with van der Waals surface area (Å²) in [6, 6.07) is 8.26. The third kappa shape index (κ3) is 2.53. The molecule has 0 aromatic heterocycles. The third-order valence-corrected chi connectivity index (χ3v) is 3.48. The van der Waals surface area contributed by atoms with Gasteiger partial charge in [-0.1, -0.05) is 37.1 Å². The van der Waals surface area contributed by atoms with E-state index in [0.29, 0.717) is 5.41 Å². The smallest absolute Gasteiger partial charge is 0.0408 e. The lowest BCUT2D eigenvalue weighted by Gasteiger charge is -2.43. The van der Waals surface area contributed by atoms with Crippen LogP contribution >= 0.6 is 11.6 Å². The van der Waals surface area contributed by atoms with Crippen LogP contribution in [0.4, 0.5) is 0 Å². The normalized spacial score (nSPS) is 18.5. The van der Waals surface area contributed by atoms with Crippen molar-refractivity contribution in [1.29, 1.82) is 0 Å². The van der Waals surface area contributed by atoms with Crippen LogP contribution in [0.2, 0.25) is 5.02 Å². The molecule has 0 atom stereocenters. The Kier molecular flexibility index (Phi) is 3.32. The summed E-state index contributed by atoms with van der Waals surface area (Å²) in [6.07, 6.45) is 3.74. The fraction of sp³-hybridized carbons (Fsp3) is 0.538. The average Bonchev–Trinajstić information content (AvgIpc) is 2.15. The van der Waals surface area contributed by atoms with E-state index in [0.717, 1.165) is 24.5 Å². The Morgan fingerprint density at radius 1 is 1.40 bits per heavy atom. The Morgan fingerprint density at radius 3 is 2.73 bits per heavy atom. The van der Waals surface area contributed by atoms with Gasteiger partial charge in [0.15, 0.2) is 0 Å². The Morgan fingerprint density at radius 2 is 2.20 bits per heavy atom. The van der Waals surface area contributed by atoms with E-state index in [9.17, 15) is 0 Å². The molecule has 1 heterocycles. The maximum Gasteiger partial charge on any atom is 0.0408 e. The van der Waals surface area contributed by atoms with Gasteiger partial charge in [-0.15, -0.1) is 0 Å². The molecule has 0 bridgehead atoms. The molecule has 0 amide bonds. The van der Waals surface area contributed by atoms with Crippen molar-refractivity contribution in [2.24, 2.45) is 5.41 Å². The first-order valence-electron chi connectivity index (χ1n) is 5.69. The van der Waals surface area contributed by atoms with Gasteiger partial charge in [0, 0.05) is 18.1 Å². The van der Waals surface area contributed by atoms with Gasteiger partial charge in [0.1, 0.15) is 0 Å². The Bertz CT molecular complexity index is 331. The van der Waals surface area contributed by atoms with Crippen LogP contribution in [0.5, 0.6) is 0 Å². The average molecular weight is 224 g/mol. The molecule has 0 spiro atoms. The van der Waals surface area contributed by atoms with Gasteiger partial charge in [-0.25, -0.2) is 0 Å². The lowest BCUT2D eigenvalue weighted by atomic mass is 9.73. The summed E-state index contributed by atoms with van der Waals surface area (Å²) in [5, 5.41) is 4.24. The van der Waals surface area contributed by atoms with Crippen LogP contribution in [0.25, 0.3) is 0 Å². The number of benzene rings is 1. The third-order valence-electron chi connectivity index (χ3n) is 3.25. The Hall–Kier alpha value is -0.530. The maximum atomic E-state index is 6.00. The van der Waals surface area contributed by atoms with Crippen molar-refractivity contribution >= 4 is 11.6 Å². The summed E-state index contributed by atoms with van der Waals surface area (Å²) in [5.74, 6) is 0. The molecule has 1 aromatic carbocycles. The lowest BCUT2D eigenvalue weighted by Crippen LogP contribution is -2.54. The number of hydrogen-bond acceptors (Lipinski definition) is 1. The minimum absolute atomic E-state index is 0.499. The number of rotatable bonds is 4. The van der Waals surface area contributed by atoms with Crippen LogP contribution in [0, 0.1) is 5.41 Å². The molecule has 0 saturated carbocycles. The van der Waals surface area contributed by atoms with Crippen LogP contribution in [0.15, 0.2) is 24.3 Å². The first kappa shape index (κ1) is 11.0. The topological polar surface area (TPSA) is 12.0 Å². The highest BCUT2D eigenvalue weighted by Crippen LogP contribution is 2.33. The molecule has 1 nitrogen and oxygen atoms in total. The number of nitrogens with one attached hydrogen (secondary N) is 1. The van der Waals surface area contributed by atoms with Gasteiger partial charge in [0.25, 0.3) is 0 Å². The molecule has 2 rings (SSSR count). The molecule has 82 valence electrons. The largest absolute Gasteiger partial charge is 0.316 e. The van der Waals surface area contributed by atoms with E-state index in [2.05, 4.69) is 24.4 Å². The van der Waals surface area contributed by atoms with Gasteiger partial charge >= 0.3 is 0 Å². The lowest BCUT2D eigenvalue weighted by molar-refractivity contribution is 0.151. The maximum absolute atomic E-state index is 6.00. The molecule has 0 radical (unpaired) electrons. The minimum atomic E-state index is 0.499. The zero-order valence-electron chi connectivity index (χ0n) is 9.22. The van der Waals surface area contributed by atoms with E-state index in [-0.39, 0.29) is 0 Å². The fourth-order valence-electron chi connectivity index (χ4n) is 2.48. The monoisotopic (exact) mass is 223 g/mol. The van der Waals surface area contributed by atoms with Gasteiger partial charge < -0.3 is 5.32 Å². The van der Waals surface area contributed by atoms with Gasteiger partial charge in [-0.2, -0.15) is 0 Å². The minimum Gasteiger partial charge on any atom is -0.316 e. The fourth-order valence-corrected chi connectivity index (χ4v) is 2.69. The highest BCUT2D eigenvalue weighted by Gasteiger charge is 2.35. The quantitative estimate of drug-likeness (QED) is 0.826. The highest BCUT2D eigenvalue weighted by atomic mass is 35.5. The second-order valence-corrected chi connectivity index (χ2v) is 5.10. The van der Waals surface area contributed by atoms with Gasteiger partial charge in [-0.3, -0.25) is 0 Å². The van der Waals surface area contributed by atoms with E-state index < -0.39 is 0 Å². The molecule has 0 aliphatic carbocycles. The first-order valence-corrected chi connectivity index (χ1v) is 6.07. The molecule has 1 saturated heterocycles. The van der Waals surface area contributed by atoms with Crippen molar-refractivity contribution in [3.05, 3.63) is 34.9 Å². The highest BCUT2D eigenvalue weighted by molar-refractivity contribution is 6.30. The van der Waals surface area contributed by atoms with E-state index in [1.165, 1.54) is 18.4 Å². The summed E-state index contributed by atoms with van der Waals surface area (Å²) in [5.41, 5.74) is 1.87. The zero-order valence-corrected chi connectivity index (χ0v) is 9.98. The standard InChI is InChI=1S/C13H18ClN/c1-2-6-13(9-15-10-13)8-11-4-3-5-12(14)7-11/h3-5,7,15H,2,6,8-10H2,1H3. The number of hydrogen-bond donors (Lipinski definition) is 1. The van der Waals surface area contributed by atoms with Gasteiger partial charge in [-0.05, 0) is 36.0 Å². The molecular weight excluding hydrogens is 206 g/mol. The summed E-state index contributed by atoms with van der Waals surface area (Å²) in [6.45, 7) is 4.58. The molecule has 0 unspecified atom stereocenters. The van der Waals surface area contributed by atoms with Crippen molar-refractivity contribution in [2.45, 2.75) is 26.2 Å². The van der Waals surface area contributed by atoms with Crippen molar-refractivity contribution in [3.63, 3.8) is 0 Å². The first-order chi connectivity index (χ1) is 7.24. The molecule has 1 aliphatic heterocycles. The van der Waals surface area contributed by atoms with Gasteiger partial charge in [0.05, 0.1) is 0 Å². The molecular formula is C13H18ClN. The summed E-state index contributed by atoms with van der Waals surface area (Å²) in [4.78, 5) is 0. The molecule has 1 aromatic rings.